The number of amides is 1. The van der Waals surface area contributed by atoms with E-state index in [0.29, 0.717) is 17.1 Å². The number of hydrogen-bond acceptors (Lipinski definition) is 2. The molecule has 1 heterocycles. The molecule has 1 aromatic heterocycles. The van der Waals surface area contributed by atoms with E-state index in [0.717, 1.165) is 22.0 Å². The fourth-order valence-corrected chi connectivity index (χ4v) is 3.06. The Morgan fingerprint density at radius 1 is 1.08 bits per heavy atom. The van der Waals surface area contributed by atoms with Gasteiger partial charge in [0.05, 0.1) is 12.1 Å². The Morgan fingerprint density at radius 2 is 1.80 bits per heavy atom. The number of benzene rings is 2. The molecular formula is C20H19ClN2O2. The number of halogens is 1. The molecule has 0 saturated heterocycles. The summed E-state index contributed by atoms with van der Waals surface area (Å²) in [5, 5.41) is 1.56. The third-order valence-corrected chi connectivity index (χ3v) is 4.66. The number of rotatable bonds is 4. The predicted molar refractivity (Wildman–Crippen MR) is 101 cm³/mol. The number of pyridine rings is 1. The molecule has 0 aliphatic heterocycles. The molecule has 3 rings (SSSR count). The minimum Gasteiger partial charge on any atom is -0.334 e. The quantitative estimate of drug-likeness (QED) is 0.768. The van der Waals surface area contributed by atoms with Gasteiger partial charge in [0.15, 0.2) is 0 Å². The summed E-state index contributed by atoms with van der Waals surface area (Å²) >= 11 is 6.20. The van der Waals surface area contributed by atoms with E-state index < -0.39 is 0 Å². The molecule has 128 valence electrons. The van der Waals surface area contributed by atoms with E-state index in [9.17, 15) is 9.59 Å². The SMILES string of the molecule is CC(=O)N(Cc1ccccc1Cl)Cc1cc2cccc(C)c2[nH]c1=O. The molecule has 1 amide bonds. The Kier molecular flexibility index (Phi) is 4.91. The summed E-state index contributed by atoms with van der Waals surface area (Å²) < 4.78 is 0. The van der Waals surface area contributed by atoms with Crippen molar-refractivity contribution in [2.75, 3.05) is 0 Å². The fourth-order valence-electron chi connectivity index (χ4n) is 2.86. The van der Waals surface area contributed by atoms with Crippen molar-refractivity contribution in [3.63, 3.8) is 0 Å². The lowest BCUT2D eigenvalue weighted by Crippen LogP contribution is -2.30. The average Bonchev–Trinajstić information content (AvgIpc) is 2.57. The average molecular weight is 355 g/mol. The van der Waals surface area contributed by atoms with Crippen LogP contribution in [0.3, 0.4) is 0 Å². The molecule has 0 unspecified atom stereocenters. The van der Waals surface area contributed by atoms with Crippen LogP contribution in [0.4, 0.5) is 0 Å². The van der Waals surface area contributed by atoms with Crippen LogP contribution in [0.15, 0.2) is 53.3 Å². The van der Waals surface area contributed by atoms with Gasteiger partial charge in [-0.05, 0) is 35.6 Å². The molecule has 0 spiro atoms. The zero-order valence-corrected chi connectivity index (χ0v) is 14.9. The predicted octanol–water partition coefficient (Wildman–Crippen LogP) is 4.04. The zero-order chi connectivity index (χ0) is 18.0. The maximum Gasteiger partial charge on any atom is 0.253 e. The standard InChI is InChI=1S/C20H19ClN2O2/c1-13-6-5-8-15-10-17(20(25)22-19(13)15)12-23(14(2)24)11-16-7-3-4-9-18(16)21/h3-10H,11-12H2,1-2H3,(H,22,25). The highest BCUT2D eigenvalue weighted by Gasteiger charge is 2.14. The van der Waals surface area contributed by atoms with Gasteiger partial charge in [0.25, 0.3) is 5.56 Å². The number of para-hydroxylation sites is 1. The Morgan fingerprint density at radius 3 is 2.52 bits per heavy atom. The summed E-state index contributed by atoms with van der Waals surface area (Å²) in [5.41, 5.74) is 3.08. The van der Waals surface area contributed by atoms with Gasteiger partial charge in [-0.25, -0.2) is 0 Å². The van der Waals surface area contributed by atoms with E-state index in [1.165, 1.54) is 6.92 Å². The number of carbonyl (C=O) groups is 1. The van der Waals surface area contributed by atoms with E-state index >= 15 is 0 Å². The van der Waals surface area contributed by atoms with Gasteiger partial charge in [-0.3, -0.25) is 9.59 Å². The lowest BCUT2D eigenvalue weighted by molar-refractivity contribution is -0.130. The highest BCUT2D eigenvalue weighted by Crippen LogP contribution is 2.19. The van der Waals surface area contributed by atoms with Crippen LogP contribution >= 0.6 is 11.6 Å². The Balaban J connectivity index is 1.94. The molecule has 2 aromatic carbocycles. The molecule has 4 nitrogen and oxygen atoms in total. The van der Waals surface area contributed by atoms with E-state index in [-0.39, 0.29) is 18.0 Å². The molecule has 3 aromatic rings. The first-order chi connectivity index (χ1) is 12.0. The topological polar surface area (TPSA) is 53.2 Å². The molecule has 0 fully saturated rings. The minimum atomic E-state index is -0.174. The van der Waals surface area contributed by atoms with E-state index in [1.807, 2.05) is 49.4 Å². The molecule has 0 saturated carbocycles. The number of fused-ring (bicyclic) bond motifs is 1. The van der Waals surface area contributed by atoms with Gasteiger partial charge in [-0.2, -0.15) is 0 Å². The fraction of sp³-hybridized carbons (Fsp3) is 0.200. The number of carbonyl (C=O) groups excluding carboxylic acids is 1. The molecule has 25 heavy (non-hydrogen) atoms. The number of aryl methyl sites for hydroxylation is 1. The van der Waals surface area contributed by atoms with Gasteiger partial charge in [0.1, 0.15) is 0 Å². The number of aromatic nitrogens is 1. The van der Waals surface area contributed by atoms with Gasteiger partial charge >= 0.3 is 0 Å². The van der Waals surface area contributed by atoms with Crippen molar-refractivity contribution in [1.29, 1.82) is 0 Å². The number of H-pyrrole nitrogens is 1. The van der Waals surface area contributed by atoms with Crippen LogP contribution in [0.2, 0.25) is 5.02 Å². The smallest absolute Gasteiger partial charge is 0.253 e. The molecule has 0 atom stereocenters. The Bertz CT molecular complexity index is 994. The molecular weight excluding hydrogens is 336 g/mol. The van der Waals surface area contributed by atoms with Crippen LogP contribution in [-0.2, 0) is 17.9 Å². The normalized spacial score (nSPS) is 10.8. The second-order valence-electron chi connectivity index (χ2n) is 6.13. The second-order valence-corrected chi connectivity index (χ2v) is 6.54. The lowest BCUT2D eigenvalue weighted by atomic mass is 10.1. The van der Waals surface area contributed by atoms with Gasteiger partial charge < -0.3 is 9.88 Å². The second kappa shape index (κ2) is 7.11. The molecule has 0 bridgehead atoms. The van der Waals surface area contributed by atoms with Gasteiger partial charge in [-0.15, -0.1) is 0 Å². The maximum absolute atomic E-state index is 12.4. The van der Waals surface area contributed by atoms with Crippen molar-refractivity contribution in [3.8, 4) is 0 Å². The summed E-state index contributed by atoms with van der Waals surface area (Å²) in [6, 6.07) is 15.1. The number of aromatic amines is 1. The molecule has 5 heteroatoms. The van der Waals surface area contributed by atoms with Crippen molar-refractivity contribution in [3.05, 3.63) is 80.6 Å². The largest absolute Gasteiger partial charge is 0.334 e. The number of nitrogens with one attached hydrogen (secondary N) is 1. The summed E-state index contributed by atoms with van der Waals surface area (Å²) in [4.78, 5) is 29.1. The first kappa shape index (κ1) is 17.2. The van der Waals surface area contributed by atoms with Gasteiger partial charge in [0, 0.05) is 24.1 Å². The van der Waals surface area contributed by atoms with Gasteiger partial charge in [-0.1, -0.05) is 48.0 Å². The van der Waals surface area contributed by atoms with E-state index in [2.05, 4.69) is 4.98 Å². The van der Waals surface area contributed by atoms with Crippen LogP contribution in [0.25, 0.3) is 10.9 Å². The molecule has 1 N–H and O–H groups in total. The number of nitrogens with zero attached hydrogens (tertiary/aromatic N) is 1. The molecule has 0 aliphatic carbocycles. The highest BCUT2D eigenvalue weighted by atomic mass is 35.5. The van der Waals surface area contributed by atoms with Crippen molar-refractivity contribution >= 4 is 28.4 Å². The van der Waals surface area contributed by atoms with Crippen LogP contribution in [-0.4, -0.2) is 15.8 Å². The molecule has 0 radical (unpaired) electrons. The van der Waals surface area contributed by atoms with Crippen LogP contribution in [0, 0.1) is 6.92 Å². The monoisotopic (exact) mass is 354 g/mol. The first-order valence-corrected chi connectivity index (χ1v) is 8.44. The minimum absolute atomic E-state index is 0.108. The van der Waals surface area contributed by atoms with Crippen LogP contribution in [0.1, 0.15) is 23.6 Å². The zero-order valence-electron chi connectivity index (χ0n) is 14.2. The maximum atomic E-state index is 12.4. The highest BCUT2D eigenvalue weighted by molar-refractivity contribution is 6.31. The summed E-state index contributed by atoms with van der Waals surface area (Å²) in [6.45, 7) is 4.05. The summed E-state index contributed by atoms with van der Waals surface area (Å²) in [7, 11) is 0. The van der Waals surface area contributed by atoms with E-state index in [1.54, 1.807) is 11.0 Å². The van der Waals surface area contributed by atoms with Gasteiger partial charge in [0.2, 0.25) is 5.91 Å². The van der Waals surface area contributed by atoms with Crippen molar-refractivity contribution in [2.45, 2.75) is 26.9 Å². The van der Waals surface area contributed by atoms with Crippen LogP contribution in [0.5, 0.6) is 0 Å². The Labute approximate surface area is 151 Å². The van der Waals surface area contributed by atoms with Crippen molar-refractivity contribution in [1.82, 2.24) is 9.88 Å². The molecule has 0 aliphatic rings. The Hall–Kier alpha value is -2.59. The first-order valence-electron chi connectivity index (χ1n) is 8.06. The third kappa shape index (κ3) is 3.74. The summed E-state index contributed by atoms with van der Waals surface area (Å²) in [5.74, 6) is -0.108. The van der Waals surface area contributed by atoms with Crippen molar-refractivity contribution < 1.29 is 4.79 Å². The van der Waals surface area contributed by atoms with E-state index in [4.69, 9.17) is 11.6 Å². The third-order valence-electron chi connectivity index (χ3n) is 4.29. The van der Waals surface area contributed by atoms with Crippen molar-refractivity contribution in [2.24, 2.45) is 0 Å². The summed E-state index contributed by atoms with van der Waals surface area (Å²) in [6.07, 6.45) is 0. The number of hydrogen-bond donors (Lipinski definition) is 1. The van der Waals surface area contributed by atoms with Crippen LogP contribution < -0.4 is 5.56 Å². The lowest BCUT2D eigenvalue weighted by Gasteiger charge is -2.21.